The largest absolute Gasteiger partial charge is 0.372 e. The summed E-state index contributed by atoms with van der Waals surface area (Å²) in [6.07, 6.45) is 3.74. The van der Waals surface area contributed by atoms with Gasteiger partial charge in [-0.05, 0) is 24.1 Å². The number of anilines is 1. The average molecular weight is 442 g/mol. The number of carbonyl (C=O) groups is 1. The number of halogens is 1. The van der Waals surface area contributed by atoms with Gasteiger partial charge in [0.25, 0.3) is 0 Å². The highest BCUT2D eigenvalue weighted by molar-refractivity contribution is 6.33. The number of fused-ring (bicyclic) bond motifs is 1. The maximum Gasteiger partial charge on any atom is 0.239 e. The lowest BCUT2D eigenvalue weighted by atomic mass is 9.98. The van der Waals surface area contributed by atoms with Crippen molar-refractivity contribution in [3.05, 3.63) is 77.6 Å². The van der Waals surface area contributed by atoms with Crippen LogP contribution in [0.4, 0.5) is 5.69 Å². The Morgan fingerprint density at radius 1 is 1.16 bits per heavy atom. The quantitative estimate of drug-likeness (QED) is 0.429. The number of aromatic nitrogens is 2. The zero-order chi connectivity index (χ0) is 22.7. The molecule has 0 saturated carbocycles. The SMILES string of the molecule is CC[C@@H](Nc1c(C#N)c(-c2ccc(-c3ccccc3Cl)cc2)nc2cnccc12)C(N)=O. The molecular formula is C25H20ClN5O. The number of carbonyl (C=O) groups excluding carboxylic acids is 1. The van der Waals surface area contributed by atoms with Crippen molar-refractivity contribution >= 4 is 34.1 Å². The summed E-state index contributed by atoms with van der Waals surface area (Å²) in [7, 11) is 0. The molecule has 0 bridgehead atoms. The second-order valence-corrected chi connectivity index (χ2v) is 7.69. The van der Waals surface area contributed by atoms with Crippen LogP contribution < -0.4 is 11.1 Å². The topological polar surface area (TPSA) is 105 Å². The van der Waals surface area contributed by atoms with Gasteiger partial charge in [0.15, 0.2) is 0 Å². The second-order valence-electron chi connectivity index (χ2n) is 7.28. The van der Waals surface area contributed by atoms with Gasteiger partial charge in [-0.3, -0.25) is 9.78 Å². The normalized spacial score (nSPS) is 11.7. The Hall–Kier alpha value is -3.95. The lowest BCUT2D eigenvalue weighted by Gasteiger charge is -2.19. The first-order valence-electron chi connectivity index (χ1n) is 10.1. The van der Waals surface area contributed by atoms with Gasteiger partial charge in [0.1, 0.15) is 17.7 Å². The van der Waals surface area contributed by atoms with Crippen LogP contribution in [-0.4, -0.2) is 21.9 Å². The van der Waals surface area contributed by atoms with Crippen molar-refractivity contribution in [3.8, 4) is 28.5 Å². The number of hydrogen-bond donors (Lipinski definition) is 2. The Bertz CT molecular complexity index is 1350. The van der Waals surface area contributed by atoms with Crippen molar-refractivity contribution in [3.63, 3.8) is 0 Å². The number of nitriles is 1. The number of hydrogen-bond acceptors (Lipinski definition) is 5. The van der Waals surface area contributed by atoms with E-state index < -0.39 is 11.9 Å². The van der Waals surface area contributed by atoms with Crippen LogP contribution in [0, 0.1) is 11.3 Å². The lowest BCUT2D eigenvalue weighted by molar-refractivity contribution is -0.118. The molecule has 3 N–H and O–H groups in total. The summed E-state index contributed by atoms with van der Waals surface area (Å²) in [6, 6.07) is 18.7. The van der Waals surface area contributed by atoms with E-state index in [-0.39, 0.29) is 0 Å². The number of nitrogens with two attached hydrogens (primary N) is 1. The fourth-order valence-corrected chi connectivity index (χ4v) is 3.88. The number of benzene rings is 2. The molecule has 0 fully saturated rings. The molecule has 0 saturated heterocycles. The van der Waals surface area contributed by atoms with Gasteiger partial charge in [-0.1, -0.05) is 61.0 Å². The Kier molecular flexibility index (Phi) is 6.02. The number of nitrogens with zero attached hydrogens (tertiary/aromatic N) is 3. The number of amides is 1. The van der Waals surface area contributed by atoms with E-state index in [0.717, 1.165) is 16.7 Å². The van der Waals surface area contributed by atoms with E-state index in [2.05, 4.69) is 16.4 Å². The molecule has 2 aromatic carbocycles. The van der Waals surface area contributed by atoms with Gasteiger partial charge >= 0.3 is 0 Å². The third-order valence-corrected chi connectivity index (χ3v) is 5.64. The van der Waals surface area contributed by atoms with Crippen molar-refractivity contribution in [1.82, 2.24) is 9.97 Å². The van der Waals surface area contributed by atoms with E-state index in [0.29, 0.717) is 39.3 Å². The molecule has 32 heavy (non-hydrogen) atoms. The fraction of sp³-hybridized carbons (Fsp3) is 0.120. The third-order valence-electron chi connectivity index (χ3n) is 5.31. The predicted octanol–water partition coefficient (Wildman–Crippen LogP) is 5.16. The molecule has 2 aromatic heterocycles. The maximum absolute atomic E-state index is 11.9. The van der Waals surface area contributed by atoms with Crippen molar-refractivity contribution < 1.29 is 4.79 Å². The van der Waals surface area contributed by atoms with Crippen molar-refractivity contribution in [1.29, 1.82) is 5.26 Å². The fourth-order valence-electron chi connectivity index (χ4n) is 3.64. The highest BCUT2D eigenvalue weighted by Gasteiger charge is 2.21. The van der Waals surface area contributed by atoms with E-state index >= 15 is 0 Å². The molecule has 0 aliphatic rings. The number of rotatable bonds is 6. The van der Waals surface area contributed by atoms with Crippen LogP contribution in [0.25, 0.3) is 33.3 Å². The van der Waals surface area contributed by atoms with Crippen molar-refractivity contribution in [2.75, 3.05) is 5.32 Å². The van der Waals surface area contributed by atoms with Gasteiger partial charge < -0.3 is 11.1 Å². The Morgan fingerprint density at radius 3 is 2.53 bits per heavy atom. The smallest absolute Gasteiger partial charge is 0.239 e. The molecule has 7 heteroatoms. The van der Waals surface area contributed by atoms with Gasteiger partial charge in [0.2, 0.25) is 5.91 Å². The molecule has 1 atom stereocenters. The average Bonchev–Trinajstić information content (AvgIpc) is 2.82. The van der Waals surface area contributed by atoms with Gasteiger partial charge in [0, 0.05) is 27.7 Å². The van der Waals surface area contributed by atoms with E-state index in [1.165, 1.54) is 0 Å². The summed E-state index contributed by atoms with van der Waals surface area (Å²) in [5.41, 5.74) is 10.2. The lowest BCUT2D eigenvalue weighted by Crippen LogP contribution is -2.35. The van der Waals surface area contributed by atoms with Crippen molar-refractivity contribution in [2.24, 2.45) is 5.73 Å². The molecule has 6 nitrogen and oxygen atoms in total. The van der Waals surface area contributed by atoms with E-state index in [1.807, 2.05) is 55.5 Å². The minimum atomic E-state index is -0.615. The summed E-state index contributed by atoms with van der Waals surface area (Å²) in [4.78, 5) is 20.7. The molecule has 4 aromatic rings. The molecule has 158 valence electrons. The van der Waals surface area contributed by atoms with Gasteiger partial charge in [-0.2, -0.15) is 5.26 Å². The van der Waals surface area contributed by atoms with Crippen molar-refractivity contribution in [2.45, 2.75) is 19.4 Å². The molecule has 0 radical (unpaired) electrons. The highest BCUT2D eigenvalue weighted by atomic mass is 35.5. The second kappa shape index (κ2) is 9.04. The molecule has 0 unspecified atom stereocenters. The summed E-state index contributed by atoms with van der Waals surface area (Å²) in [5, 5.41) is 14.6. The summed E-state index contributed by atoms with van der Waals surface area (Å²) < 4.78 is 0. The van der Waals surface area contributed by atoms with Gasteiger partial charge in [-0.25, -0.2) is 4.98 Å². The van der Waals surface area contributed by atoms with Gasteiger partial charge in [-0.15, -0.1) is 0 Å². The minimum absolute atomic E-state index is 0.342. The van der Waals surface area contributed by atoms with Crippen LogP contribution >= 0.6 is 11.6 Å². The Labute approximate surface area is 190 Å². The monoisotopic (exact) mass is 441 g/mol. The molecule has 0 aliphatic carbocycles. The summed E-state index contributed by atoms with van der Waals surface area (Å²) in [6.45, 7) is 1.85. The van der Waals surface area contributed by atoms with Crippen LogP contribution in [0.1, 0.15) is 18.9 Å². The standard InChI is InChI=1S/C25H20ClN5O/c1-2-21(25(28)32)30-24-18-11-12-29-14-22(18)31-23(19(24)13-27)16-9-7-15(8-10-16)17-5-3-4-6-20(17)26/h3-12,14,21H,2H2,1H3,(H2,28,32)(H,30,31)/t21-/m1/s1. The molecule has 2 heterocycles. The number of primary amides is 1. The predicted molar refractivity (Wildman–Crippen MR) is 127 cm³/mol. The van der Waals surface area contributed by atoms with Crippen LogP contribution in [0.5, 0.6) is 0 Å². The molecule has 0 aliphatic heterocycles. The highest BCUT2D eigenvalue weighted by Crippen LogP contribution is 2.35. The zero-order valence-corrected chi connectivity index (χ0v) is 18.1. The van der Waals surface area contributed by atoms with Gasteiger partial charge in [0.05, 0.1) is 23.1 Å². The third kappa shape index (κ3) is 3.98. The van der Waals surface area contributed by atoms with Crippen LogP contribution in [0.15, 0.2) is 67.0 Å². The first-order chi connectivity index (χ1) is 15.5. The summed E-state index contributed by atoms with van der Waals surface area (Å²) in [5.74, 6) is -0.485. The first kappa shape index (κ1) is 21.3. The molecule has 0 spiro atoms. The number of nitrogens with one attached hydrogen (secondary N) is 1. The Balaban J connectivity index is 1.87. The first-order valence-corrected chi connectivity index (χ1v) is 10.5. The molecule has 4 rings (SSSR count). The molecular weight excluding hydrogens is 422 g/mol. The van der Waals surface area contributed by atoms with Crippen LogP contribution in [0.2, 0.25) is 5.02 Å². The molecule has 1 amide bonds. The minimum Gasteiger partial charge on any atom is -0.372 e. The van der Waals surface area contributed by atoms with E-state index in [1.54, 1.807) is 18.5 Å². The maximum atomic E-state index is 11.9. The van der Waals surface area contributed by atoms with Crippen LogP contribution in [-0.2, 0) is 4.79 Å². The zero-order valence-electron chi connectivity index (χ0n) is 17.3. The van der Waals surface area contributed by atoms with Crippen LogP contribution in [0.3, 0.4) is 0 Å². The Morgan fingerprint density at radius 2 is 1.88 bits per heavy atom. The van der Waals surface area contributed by atoms with E-state index in [4.69, 9.17) is 22.3 Å². The number of pyridine rings is 2. The summed E-state index contributed by atoms with van der Waals surface area (Å²) >= 11 is 6.33. The van der Waals surface area contributed by atoms with E-state index in [9.17, 15) is 10.1 Å².